The van der Waals surface area contributed by atoms with Crippen molar-refractivity contribution < 1.29 is 4.74 Å². The van der Waals surface area contributed by atoms with Crippen molar-refractivity contribution in [2.45, 2.75) is 39.3 Å². The van der Waals surface area contributed by atoms with E-state index in [1.165, 1.54) is 32.6 Å². The lowest BCUT2D eigenvalue weighted by atomic mass is 9.91. The second-order valence-electron chi connectivity index (χ2n) is 9.49. The molecule has 1 aliphatic rings. The first-order chi connectivity index (χ1) is 16.4. The van der Waals surface area contributed by atoms with Gasteiger partial charge in [-0.2, -0.15) is 0 Å². The Balaban J connectivity index is 1.64. The van der Waals surface area contributed by atoms with Gasteiger partial charge in [0.1, 0.15) is 11.6 Å². The Kier molecular flexibility index (Phi) is 6.11. The van der Waals surface area contributed by atoms with Crippen LogP contribution in [0.25, 0.3) is 0 Å². The summed E-state index contributed by atoms with van der Waals surface area (Å²) < 4.78 is 6.60. The Bertz CT molecular complexity index is 1270. The van der Waals surface area contributed by atoms with Crippen molar-refractivity contribution in [3.8, 4) is 0 Å². The molecule has 0 spiro atoms. The van der Waals surface area contributed by atoms with Crippen LogP contribution >= 0.6 is 7.92 Å². The zero-order chi connectivity index (χ0) is 23.7. The fourth-order valence-electron chi connectivity index (χ4n) is 4.80. The molecule has 0 aromatic heterocycles. The van der Waals surface area contributed by atoms with Crippen LogP contribution in [0, 0.1) is 13.8 Å². The predicted octanol–water partition coefficient (Wildman–Crippen LogP) is 6.36. The lowest BCUT2D eigenvalue weighted by Crippen LogP contribution is -2.30. The Morgan fingerprint density at radius 1 is 0.706 bits per heavy atom. The number of hydrogen-bond acceptors (Lipinski definition) is 2. The monoisotopic (exact) mass is 463 g/mol. The third kappa shape index (κ3) is 4.43. The maximum atomic E-state index is 6.60. The smallest absolute Gasteiger partial charge is 0.218 e. The quantitative estimate of drug-likeness (QED) is 0.316. The van der Waals surface area contributed by atoms with Crippen LogP contribution in [-0.4, -0.2) is 11.5 Å². The number of benzene rings is 4. The summed E-state index contributed by atoms with van der Waals surface area (Å²) in [6.07, 6.45) is 0. The Morgan fingerprint density at radius 2 is 1.24 bits per heavy atom. The fourth-order valence-corrected chi connectivity index (χ4v) is 7.24. The van der Waals surface area contributed by atoms with Gasteiger partial charge in [-0.05, 0) is 63.2 Å². The van der Waals surface area contributed by atoms with Crippen molar-refractivity contribution in [3.05, 3.63) is 125 Å². The number of rotatable bonds is 5. The molecule has 34 heavy (non-hydrogen) atoms. The van der Waals surface area contributed by atoms with Crippen molar-refractivity contribution in [3.63, 3.8) is 0 Å². The van der Waals surface area contributed by atoms with E-state index < -0.39 is 13.5 Å². The highest BCUT2D eigenvalue weighted by molar-refractivity contribution is 7.80. The third-order valence-electron chi connectivity index (χ3n) is 6.23. The molecule has 1 unspecified atom stereocenters. The minimum absolute atomic E-state index is 0.0474. The van der Waals surface area contributed by atoms with Gasteiger partial charge in [0.2, 0.25) is 5.90 Å². The van der Waals surface area contributed by atoms with Crippen molar-refractivity contribution in [1.29, 1.82) is 0 Å². The predicted molar refractivity (Wildman–Crippen MR) is 146 cm³/mol. The zero-order valence-electron chi connectivity index (χ0n) is 20.2. The summed E-state index contributed by atoms with van der Waals surface area (Å²) in [5.41, 5.74) is 4.38. The van der Waals surface area contributed by atoms with Crippen LogP contribution in [0.5, 0.6) is 0 Å². The number of ether oxygens (including phenoxy) is 1. The van der Waals surface area contributed by atoms with E-state index in [9.17, 15) is 0 Å². The average molecular weight is 464 g/mol. The normalized spacial score (nSPS) is 16.9. The van der Waals surface area contributed by atoms with E-state index in [2.05, 4.69) is 131 Å². The van der Waals surface area contributed by atoms with Gasteiger partial charge in [-0.15, -0.1) is 0 Å². The molecule has 0 bridgehead atoms. The summed E-state index contributed by atoms with van der Waals surface area (Å²) in [6, 6.07) is 36.8. The van der Waals surface area contributed by atoms with Gasteiger partial charge in [0.05, 0.1) is 0 Å². The Labute approximate surface area is 204 Å². The molecule has 0 N–H and O–H groups in total. The van der Waals surface area contributed by atoms with E-state index in [1.807, 2.05) is 0 Å². The van der Waals surface area contributed by atoms with E-state index >= 15 is 0 Å². The molecule has 3 heteroatoms. The van der Waals surface area contributed by atoms with Gasteiger partial charge in [-0.25, -0.2) is 4.99 Å². The van der Waals surface area contributed by atoms with Crippen molar-refractivity contribution in [2.75, 3.05) is 0 Å². The summed E-state index contributed by atoms with van der Waals surface area (Å²) in [7, 11) is -0.753. The van der Waals surface area contributed by atoms with Crippen molar-refractivity contribution in [1.82, 2.24) is 0 Å². The largest absolute Gasteiger partial charge is 0.469 e. The molecular weight excluding hydrogens is 433 g/mol. The first-order valence-corrected chi connectivity index (χ1v) is 13.1. The molecule has 0 amide bonds. The summed E-state index contributed by atoms with van der Waals surface area (Å²) in [6.45, 7) is 8.58. The van der Waals surface area contributed by atoms with Crippen LogP contribution < -0.4 is 15.9 Å². The van der Waals surface area contributed by atoms with Crippen molar-refractivity contribution >= 4 is 29.7 Å². The maximum absolute atomic E-state index is 6.60. The van der Waals surface area contributed by atoms with E-state index in [4.69, 9.17) is 9.73 Å². The molecule has 0 aliphatic carbocycles. The lowest BCUT2D eigenvalue weighted by Gasteiger charge is -2.26. The topological polar surface area (TPSA) is 21.6 Å². The summed E-state index contributed by atoms with van der Waals surface area (Å²) in [4.78, 5) is 5.20. The van der Waals surface area contributed by atoms with E-state index in [0.29, 0.717) is 0 Å². The fraction of sp³-hybridized carbons (Fsp3) is 0.194. The average Bonchev–Trinajstić information content (AvgIpc) is 3.15. The van der Waals surface area contributed by atoms with E-state index in [-0.39, 0.29) is 6.04 Å². The van der Waals surface area contributed by atoms with Gasteiger partial charge in [0.15, 0.2) is 0 Å². The number of aliphatic imine (C=N–C) groups is 1. The standard InChI is InChI=1S/C31H30NOP/c1-22-19-23(2)21-24(20-22)29-31(3,4)33-30(32-29)27-17-11-12-18-28(27)34(25-13-7-5-8-14-25)26-15-9-6-10-16-26/h5-21,29H,1-4H3. The molecule has 170 valence electrons. The highest BCUT2D eigenvalue weighted by atomic mass is 31.1. The van der Waals surface area contributed by atoms with Gasteiger partial charge >= 0.3 is 0 Å². The third-order valence-corrected chi connectivity index (χ3v) is 8.73. The number of nitrogens with zero attached hydrogens (tertiary/aromatic N) is 1. The van der Waals surface area contributed by atoms with Crippen LogP contribution in [-0.2, 0) is 4.74 Å². The second kappa shape index (κ2) is 9.20. The molecule has 0 radical (unpaired) electrons. The molecule has 0 saturated carbocycles. The van der Waals surface area contributed by atoms with Gasteiger partial charge in [-0.3, -0.25) is 0 Å². The van der Waals surface area contributed by atoms with E-state index in [0.717, 1.165) is 11.5 Å². The minimum Gasteiger partial charge on any atom is -0.469 e. The first-order valence-electron chi connectivity index (χ1n) is 11.8. The molecule has 1 atom stereocenters. The second-order valence-corrected chi connectivity index (χ2v) is 11.7. The molecule has 2 nitrogen and oxygen atoms in total. The Hall–Kier alpha value is -3.22. The molecule has 1 heterocycles. The molecular formula is C31H30NOP. The molecule has 0 saturated heterocycles. The lowest BCUT2D eigenvalue weighted by molar-refractivity contribution is 0.0974. The number of aryl methyl sites for hydroxylation is 2. The summed E-state index contributed by atoms with van der Waals surface area (Å²) >= 11 is 0. The highest BCUT2D eigenvalue weighted by Gasteiger charge is 2.41. The molecule has 0 fully saturated rings. The maximum Gasteiger partial charge on any atom is 0.218 e. The van der Waals surface area contributed by atoms with Crippen LogP contribution in [0.2, 0.25) is 0 Å². The van der Waals surface area contributed by atoms with Gasteiger partial charge in [0.25, 0.3) is 0 Å². The van der Waals surface area contributed by atoms with Gasteiger partial charge < -0.3 is 4.74 Å². The first kappa shape index (κ1) is 22.6. The zero-order valence-corrected chi connectivity index (χ0v) is 21.1. The van der Waals surface area contributed by atoms with Crippen LogP contribution in [0.15, 0.2) is 108 Å². The molecule has 4 aromatic rings. The van der Waals surface area contributed by atoms with Crippen molar-refractivity contribution in [2.24, 2.45) is 4.99 Å². The molecule has 5 rings (SSSR count). The Morgan fingerprint density at radius 3 is 1.82 bits per heavy atom. The van der Waals surface area contributed by atoms with Crippen LogP contribution in [0.3, 0.4) is 0 Å². The van der Waals surface area contributed by atoms with E-state index in [1.54, 1.807) is 0 Å². The SMILES string of the molecule is Cc1cc(C)cc(C2N=C(c3ccccc3P(c3ccccc3)c3ccccc3)OC2(C)C)c1. The van der Waals surface area contributed by atoms with Crippen LogP contribution in [0.1, 0.15) is 42.1 Å². The highest BCUT2D eigenvalue weighted by Crippen LogP contribution is 2.41. The number of hydrogen-bond donors (Lipinski definition) is 0. The minimum atomic E-state index is -0.753. The molecule has 4 aromatic carbocycles. The summed E-state index contributed by atoms with van der Waals surface area (Å²) in [5.74, 6) is 0.740. The molecule has 1 aliphatic heterocycles. The van der Waals surface area contributed by atoms with Gasteiger partial charge in [0, 0.05) is 5.56 Å². The summed E-state index contributed by atoms with van der Waals surface area (Å²) in [5, 5.41) is 3.91. The van der Waals surface area contributed by atoms with Gasteiger partial charge in [-0.1, -0.05) is 108 Å². The van der Waals surface area contributed by atoms with Crippen LogP contribution in [0.4, 0.5) is 0 Å².